The number of esters is 1. The summed E-state index contributed by atoms with van der Waals surface area (Å²) in [6, 6.07) is 0.727. The molecule has 1 unspecified atom stereocenters. The Morgan fingerprint density at radius 2 is 1.87 bits per heavy atom. The Kier molecular flexibility index (Phi) is 5.78. The summed E-state index contributed by atoms with van der Waals surface area (Å²) in [5, 5.41) is 0. The van der Waals surface area contributed by atoms with Crippen molar-refractivity contribution < 1.29 is 18.4 Å². The first-order chi connectivity index (χ1) is 6.93. The SMILES string of the molecule is C=C(C)C(=O)OC(C)[Si](CC)(OC)OC. The van der Waals surface area contributed by atoms with Crippen molar-refractivity contribution in [1.82, 2.24) is 0 Å². The van der Waals surface area contributed by atoms with Gasteiger partial charge in [0.2, 0.25) is 0 Å². The summed E-state index contributed by atoms with van der Waals surface area (Å²) >= 11 is 0. The van der Waals surface area contributed by atoms with Crippen molar-refractivity contribution >= 4 is 14.5 Å². The Morgan fingerprint density at radius 1 is 1.40 bits per heavy atom. The van der Waals surface area contributed by atoms with Crippen molar-refractivity contribution in [2.45, 2.75) is 32.5 Å². The topological polar surface area (TPSA) is 44.8 Å². The van der Waals surface area contributed by atoms with E-state index in [2.05, 4.69) is 6.58 Å². The Bertz CT molecular complexity index is 227. The van der Waals surface area contributed by atoms with Crippen LogP contribution in [0.2, 0.25) is 6.04 Å². The average Bonchev–Trinajstić information content (AvgIpc) is 2.21. The van der Waals surface area contributed by atoms with Crippen LogP contribution in [-0.4, -0.2) is 34.5 Å². The lowest BCUT2D eigenvalue weighted by atomic mass is 10.4. The van der Waals surface area contributed by atoms with E-state index in [1.54, 1.807) is 28.1 Å². The maximum Gasteiger partial charge on any atom is 0.379 e. The van der Waals surface area contributed by atoms with Gasteiger partial charge >= 0.3 is 14.5 Å². The molecule has 0 aliphatic heterocycles. The van der Waals surface area contributed by atoms with Gasteiger partial charge in [-0.15, -0.1) is 0 Å². The summed E-state index contributed by atoms with van der Waals surface area (Å²) in [4.78, 5) is 11.3. The van der Waals surface area contributed by atoms with Crippen LogP contribution in [0.4, 0.5) is 0 Å². The van der Waals surface area contributed by atoms with Gasteiger partial charge in [-0.2, -0.15) is 0 Å². The Hall–Kier alpha value is -0.653. The quantitative estimate of drug-likeness (QED) is 0.398. The van der Waals surface area contributed by atoms with Crippen LogP contribution in [0.5, 0.6) is 0 Å². The highest BCUT2D eigenvalue weighted by Gasteiger charge is 2.43. The molecule has 0 aliphatic rings. The second-order valence-corrected chi connectivity index (χ2v) is 7.36. The summed E-state index contributed by atoms with van der Waals surface area (Å²) < 4.78 is 16.0. The largest absolute Gasteiger partial charge is 0.457 e. The molecule has 15 heavy (non-hydrogen) atoms. The minimum atomic E-state index is -2.41. The van der Waals surface area contributed by atoms with Crippen LogP contribution in [0.3, 0.4) is 0 Å². The molecule has 0 aromatic carbocycles. The Labute approximate surface area is 92.5 Å². The van der Waals surface area contributed by atoms with Gasteiger partial charge in [0, 0.05) is 19.8 Å². The molecule has 0 rings (SSSR count). The molecular weight excluding hydrogens is 212 g/mol. The van der Waals surface area contributed by atoms with Crippen LogP contribution >= 0.6 is 0 Å². The molecule has 0 radical (unpaired) electrons. The standard InChI is InChI=1S/C10H20O4Si/c1-7-15(12-5,13-6)9(4)14-10(11)8(2)3/h9H,2,7H2,1,3-6H3. The summed E-state index contributed by atoms with van der Waals surface area (Å²) in [7, 11) is 0.762. The van der Waals surface area contributed by atoms with Crippen molar-refractivity contribution in [2.75, 3.05) is 14.2 Å². The average molecular weight is 232 g/mol. The predicted molar refractivity (Wildman–Crippen MR) is 60.6 cm³/mol. The van der Waals surface area contributed by atoms with Crippen LogP contribution < -0.4 is 0 Å². The van der Waals surface area contributed by atoms with Crippen molar-refractivity contribution in [3.05, 3.63) is 12.2 Å². The maximum atomic E-state index is 11.3. The van der Waals surface area contributed by atoms with Crippen LogP contribution in [0.25, 0.3) is 0 Å². The molecule has 0 N–H and O–H groups in total. The van der Waals surface area contributed by atoms with E-state index in [9.17, 15) is 4.79 Å². The molecule has 0 saturated carbocycles. The third-order valence-corrected chi connectivity index (χ3v) is 6.16. The highest BCUT2D eigenvalue weighted by atomic mass is 28.4. The van der Waals surface area contributed by atoms with E-state index >= 15 is 0 Å². The first-order valence-corrected chi connectivity index (χ1v) is 7.00. The smallest absolute Gasteiger partial charge is 0.379 e. The molecule has 88 valence electrons. The summed E-state index contributed by atoms with van der Waals surface area (Å²) in [5.41, 5.74) is 0.0368. The number of carbonyl (C=O) groups excluding carboxylic acids is 1. The first kappa shape index (κ1) is 14.3. The van der Waals surface area contributed by atoms with E-state index in [1.165, 1.54) is 0 Å². The molecule has 0 spiro atoms. The van der Waals surface area contributed by atoms with E-state index in [0.29, 0.717) is 5.57 Å². The van der Waals surface area contributed by atoms with Gasteiger partial charge in [0.25, 0.3) is 0 Å². The third-order valence-electron chi connectivity index (χ3n) is 2.44. The van der Waals surface area contributed by atoms with E-state index in [-0.39, 0.29) is 5.73 Å². The zero-order valence-corrected chi connectivity index (χ0v) is 11.1. The van der Waals surface area contributed by atoms with Crippen molar-refractivity contribution in [1.29, 1.82) is 0 Å². The molecule has 1 atom stereocenters. The van der Waals surface area contributed by atoms with Gasteiger partial charge in [-0.3, -0.25) is 0 Å². The summed E-state index contributed by atoms with van der Waals surface area (Å²) in [6.07, 6.45) is 0. The molecule has 0 aliphatic carbocycles. The molecule has 0 amide bonds. The van der Waals surface area contributed by atoms with Gasteiger partial charge in [-0.25, -0.2) is 4.79 Å². The zero-order valence-electron chi connectivity index (χ0n) is 10.1. The number of ether oxygens (including phenoxy) is 1. The first-order valence-electron chi connectivity index (χ1n) is 4.90. The molecule has 4 nitrogen and oxygen atoms in total. The second-order valence-electron chi connectivity index (χ2n) is 3.40. The van der Waals surface area contributed by atoms with Crippen molar-refractivity contribution in [2.24, 2.45) is 0 Å². The summed E-state index contributed by atoms with van der Waals surface area (Å²) in [5.74, 6) is -0.401. The van der Waals surface area contributed by atoms with E-state index in [4.69, 9.17) is 13.6 Å². The van der Waals surface area contributed by atoms with E-state index in [0.717, 1.165) is 6.04 Å². The number of hydrogen-bond acceptors (Lipinski definition) is 4. The third kappa shape index (κ3) is 3.44. The van der Waals surface area contributed by atoms with E-state index in [1.807, 2.05) is 6.92 Å². The minimum Gasteiger partial charge on any atom is -0.457 e. The monoisotopic (exact) mass is 232 g/mol. The second kappa shape index (κ2) is 6.04. The normalized spacial score (nSPS) is 13.4. The van der Waals surface area contributed by atoms with Crippen molar-refractivity contribution in [3.63, 3.8) is 0 Å². The zero-order chi connectivity index (χ0) is 12.1. The molecule has 0 heterocycles. The summed E-state index contributed by atoms with van der Waals surface area (Å²) in [6.45, 7) is 8.90. The van der Waals surface area contributed by atoms with Gasteiger partial charge in [0.05, 0.1) is 0 Å². The van der Waals surface area contributed by atoms with Crippen molar-refractivity contribution in [3.8, 4) is 0 Å². The molecule has 0 aromatic rings. The number of rotatable bonds is 6. The lowest BCUT2D eigenvalue weighted by Gasteiger charge is -2.31. The maximum absolute atomic E-state index is 11.3. The van der Waals surface area contributed by atoms with E-state index < -0.39 is 14.5 Å². The fraction of sp³-hybridized carbons (Fsp3) is 0.700. The lowest BCUT2D eigenvalue weighted by molar-refractivity contribution is -0.141. The van der Waals surface area contributed by atoms with Gasteiger partial charge in [-0.05, 0) is 19.9 Å². The highest BCUT2D eigenvalue weighted by molar-refractivity contribution is 6.68. The van der Waals surface area contributed by atoms with Crippen LogP contribution in [0, 0.1) is 0 Å². The predicted octanol–water partition coefficient (Wildman–Crippen LogP) is 1.79. The van der Waals surface area contributed by atoms with Crippen LogP contribution in [0.15, 0.2) is 12.2 Å². The van der Waals surface area contributed by atoms with Gasteiger partial charge in [-0.1, -0.05) is 13.5 Å². The molecule has 0 fully saturated rings. The molecule has 0 bridgehead atoms. The Balaban J connectivity index is 4.58. The lowest BCUT2D eigenvalue weighted by Crippen LogP contribution is -2.52. The fourth-order valence-corrected chi connectivity index (χ4v) is 3.61. The number of hydrogen-bond donors (Lipinski definition) is 0. The Morgan fingerprint density at radius 3 is 2.13 bits per heavy atom. The molecule has 0 aromatic heterocycles. The fourth-order valence-electron chi connectivity index (χ4n) is 1.34. The highest BCUT2D eigenvalue weighted by Crippen LogP contribution is 2.19. The van der Waals surface area contributed by atoms with Gasteiger partial charge < -0.3 is 13.6 Å². The number of carbonyl (C=O) groups is 1. The molecular formula is C10H20O4Si. The van der Waals surface area contributed by atoms with Gasteiger partial charge in [0.15, 0.2) is 0 Å². The minimum absolute atomic E-state index is 0.346. The molecule has 5 heteroatoms. The van der Waals surface area contributed by atoms with Gasteiger partial charge in [0.1, 0.15) is 5.73 Å². The van der Waals surface area contributed by atoms with Crippen LogP contribution in [0.1, 0.15) is 20.8 Å². The molecule has 0 saturated heterocycles. The van der Waals surface area contributed by atoms with Crippen LogP contribution in [-0.2, 0) is 18.4 Å².